The van der Waals surface area contributed by atoms with Crippen LogP contribution in [0.15, 0.2) is 0 Å². The number of carboxylic acid groups (broad SMARTS) is 1. The summed E-state index contributed by atoms with van der Waals surface area (Å²) >= 11 is 0. The molecule has 1 aromatic heterocycles. The van der Waals surface area contributed by atoms with E-state index in [1.165, 1.54) is 0 Å². The van der Waals surface area contributed by atoms with Crippen LogP contribution >= 0.6 is 0 Å². The second-order valence-corrected chi connectivity index (χ2v) is 5.66. The molecule has 0 amide bonds. The molecular weight excluding hydrogens is 316 g/mol. The van der Waals surface area contributed by atoms with Crippen molar-refractivity contribution in [2.75, 3.05) is 67.7 Å². The van der Waals surface area contributed by atoms with Crippen molar-refractivity contribution < 1.29 is 19.4 Å². The number of nitrogens with zero attached hydrogens (tertiary/aromatic N) is 5. The van der Waals surface area contributed by atoms with E-state index < -0.39 is 12.0 Å². The average Bonchev–Trinajstić information content (AvgIpc) is 2.63. The molecular formula is C14H22N6O4. The van der Waals surface area contributed by atoms with Gasteiger partial charge in [-0.2, -0.15) is 15.0 Å². The van der Waals surface area contributed by atoms with Gasteiger partial charge in [-0.3, -0.25) is 4.79 Å². The Morgan fingerprint density at radius 1 is 1.00 bits per heavy atom. The number of ether oxygens (including phenoxy) is 2. The maximum Gasteiger partial charge on any atom is 0.325 e. The van der Waals surface area contributed by atoms with Crippen LogP contribution in [-0.2, 0) is 14.3 Å². The molecule has 1 atom stereocenters. The number of rotatable bonds is 5. The molecule has 1 aromatic rings. The Bertz CT molecular complexity index is 538. The fourth-order valence-electron chi connectivity index (χ4n) is 2.48. The molecule has 0 radical (unpaired) electrons. The standard InChI is InChI=1S/C14H22N6O4/c1-10(11(21)22)15-12-16-13(19-2-6-23-7-3-19)18-14(17-12)20-4-8-24-9-5-20/h10H,2-9H2,1H3,(H,21,22)(H,15,16,17,18). The van der Waals surface area contributed by atoms with Crippen molar-refractivity contribution in [2.24, 2.45) is 0 Å². The van der Waals surface area contributed by atoms with Crippen LogP contribution in [0.25, 0.3) is 0 Å². The van der Waals surface area contributed by atoms with E-state index in [-0.39, 0.29) is 5.95 Å². The van der Waals surface area contributed by atoms with E-state index in [1.807, 2.05) is 9.80 Å². The van der Waals surface area contributed by atoms with Gasteiger partial charge in [0.05, 0.1) is 26.4 Å². The average molecular weight is 338 g/mol. The molecule has 2 saturated heterocycles. The van der Waals surface area contributed by atoms with Crippen molar-refractivity contribution >= 4 is 23.8 Å². The largest absolute Gasteiger partial charge is 0.480 e. The van der Waals surface area contributed by atoms with Gasteiger partial charge in [-0.15, -0.1) is 0 Å². The molecule has 2 fully saturated rings. The third-order valence-corrected chi connectivity index (χ3v) is 3.92. The number of hydrogen-bond acceptors (Lipinski definition) is 9. The lowest BCUT2D eigenvalue weighted by molar-refractivity contribution is -0.137. The maximum atomic E-state index is 11.1. The third kappa shape index (κ3) is 4.01. The first-order chi connectivity index (χ1) is 11.6. The molecule has 24 heavy (non-hydrogen) atoms. The van der Waals surface area contributed by atoms with Crippen LogP contribution in [0.5, 0.6) is 0 Å². The summed E-state index contributed by atoms with van der Waals surface area (Å²) in [5.41, 5.74) is 0. The second kappa shape index (κ2) is 7.58. The molecule has 3 rings (SSSR count). The number of hydrogen-bond donors (Lipinski definition) is 2. The van der Waals surface area contributed by atoms with Crippen molar-refractivity contribution in [1.29, 1.82) is 0 Å². The highest BCUT2D eigenvalue weighted by Crippen LogP contribution is 2.19. The number of carbonyl (C=O) groups is 1. The zero-order chi connectivity index (χ0) is 16.9. The lowest BCUT2D eigenvalue weighted by atomic mass is 10.3. The van der Waals surface area contributed by atoms with E-state index in [4.69, 9.17) is 14.6 Å². The summed E-state index contributed by atoms with van der Waals surface area (Å²) in [7, 11) is 0. The lowest BCUT2D eigenvalue weighted by Gasteiger charge is -2.30. The van der Waals surface area contributed by atoms with Gasteiger partial charge in [-0.25, -0.2) is 0 Å². The third-order valence-electron chi connectivity index (χ3n) is 3.92. The smallest absolute Gasteiger partial charge is 0.325 e. The molecule has 0 saturated carbocycles. The van der Waals surface area contributed by atoms with Gasteiger partial charge < -0.3 is 29.7 Å². The van der Waals surface area contributed by atoms with Crippen LogP contribution in [0.3, 0.4) is 0 Å². The molecule has 10 nitrogen and oxygen atoms in total. The zero-order valence-electron chi connectivity index (χ0n) is 13.6. The van der Waals surface area contributed by atoms with Crippen molar-refractivity contribution in [2.45, 2.75) is 13.0 Å². The van der Waals surface area contributed by atoms with Gasteiger partial charge in [-0.1, -0.05) is 0 Å². The fraction of sp³-hybridized carbons (Fsp3) is 0.714. The van der Waals surface area contributed by atoms with Crippen LogP contribution in [0, 0.1) is 0 Å². The summed E-state index contributed by atoms with van der Waals surface area (Å²) in [4.78, 5) is 28.5. The molecule has 10 heteroatoms. The summed E-state index contributed by atoms with van der Waals surface area (Å²) in [6.45, 7) is 6.80. The lowest BCUT2D eigenvalue weighted by Crippen LogP contribution is -2.40. The number of aliphatic carboxylic acids is 1. The Balaban J connectivity index is 1.87. The molecule has 132 valence electrons. The van der Waals surface area contributed by atoms with E-state index >= 15 is 0 Å². The van der Waals surface area contributed by atoms with E-state index in [0.717, 1.165) is 0 Å². The first kappa shape index (κ1) is 16.7. The van der Waals surface area contributed by atoms with E-state index in [2.05, 4.69) is 20.3 Å². The van der Waals surface area contributed by atoms with Crippen LogP contribution in [0.2, 0.25) is 0 Å². The van der Waals surface area contributed by atoms with E-state index in [1.54, 1.807) is 6.92 Å². The van der Waals surface area contributed by atoms with Gasteiger partial charge in [0, 0.05) is 26.2 Å². The summed E-state index contributed by atoms with van der Waals surface area (Å²) in [5, 5.41) is 11.9. The molecule has 0 spiro atoms. The summed E-state index contributed by atoms with van der Waals surface area (Å²) in [6, 6.07) is -0.789. The highest BCUT2D eigenvalue weighted by Gasteiger charge is 2.22. The zero-order valence-corrected chi connectivity index (χ0v) is 13.6. The number of carboxylic acids is 1. The van der Waals surface area contributed by atoms with Gasteiger partial charge in [0.25, 0.3) is 0 Å². The number of nitrogens with one attached hydrogen (secondary N) is 1. The normalized spacial score (nSPS) is 19.9. The monoisotopic (exact) mass is 338 g/mol. The van der Waals surface area contributed by atoms with Gasteiger partial charge in [0.1, 0.15) is 6.04 Å². The van der Waals surface area contributed by atoms with E-state index in [9.17, 15) is 4.79 Å². The van der Waals surface area contributed by atoms with E-state index in [0.29, 0.717) is 64.5 Å². The Kier molecular flexibility index (Phi) is 5.26. The van der Waals surface area contributed by atoms with Gasteiger partial charge in [0.2, 0.25) is 17.8 Å². The quantitative estimate of drug-likeness (QED) is 0.723. The van der Waals surface area contributed by atoms with Gasteiger partial charge >= 0.3 is 5.97 Å². The SMILES string of the molecule is CC(Nc1nc(N2CCOCC2)nc(N2CCOCC2)n1)C(=O)O. The first-order valence-electron chi connectivity index (χ1n) is 8.04. The first-order valence-corrected chi connectivity index (χ1v) is 8.04. The highest BCUT2D eigenvalue weighted by atomic mass is 16.5. The van der Waals surface area contributed by atoms with Crippen molar-refractivity contribution in [3.8, 4) is 0 Å². The Hall–Kier alpha value is -2.20. The van der Waals surface area contributed by atoms with Gasteiger partial charge in [0.15, 0.2) is 0 Å². The summed E-state index contributed by atoms with van der Waals surface area (Å²) < 4.78 is 10.7. The Labute approximate surface area is 139 Å². The van der Waals surface area contributed by atoms with Gasteiger partial charge in [-0.05, 0) is 6.92 Å². The topological polar surface area (TPSA) is 113 Å². The fourth-order valence-corrected chi connectivity index (χ4v) is 2.48. The maximum absolute atomic E-state index is 11.1. The molecule has 2 aliphatic rings. The Morgan fingerprint density at radius 3 is 1.88 bits per heavy atom. The molecule has 0 bridgehead atoms. The molecule has 2 aliphatic heterocycles. The summed E-state index contributed by atoms with van der Waals surface area (Å²) in [5.74, 6) is 0.379. The summed E-state index contributed by atoms with van der Waals surface area (Å²) in [6.07, 6.45) is 0. The predicted molar refractivity (Wildman–Crippen MR) is 86.6 cm³/mol. The highest BCUT2D eigenvalue weighted by molar-refractivity contribution is 5.76. The van der Waals surface area contributed by atoms with Crippen LogP contribution in [-0.4, -0.2) is 84.7 Å². The molecule has 0 aliphatic carbocycles. The second-order valence-electron chi connectivity index (χ2n) is 5.66. The van der Waals surface area contributed by atoms with Crippen molar-refractivity contribution in [3.63, 3.8) is 0 Å². The predicted octanol–water partition coefficient (Wildman–Crippen LogP) is -0.570. The number of morpholine rings is 2. The number of aromatic nitrogens is 3. The molecule has 0 aromatic carbocycles. The van der Waals surface area contributed by atoms with Crippen LogP contribution in [0.1, 0.15) is 6.92 Å². The Morgan fingerprint density at radius 2 is 1.46 bits per heavy atom. The van der Waals surface area contributed by atoms with Crippen LogP contribution in [0.4, 0.5) is 17.8 Å². The minimum absolute atomic E-state index is 0.267. The molecule has 3 heterocycles. The van der Waals surface area contributed by atoms with Crippen LogP contribution < -0.4 is 15.1 Å². The molecule has 2 N–H and O–H groups in total. The minimum atomic E-state index is -0.962. The molecule has 1 unspecified atom stereocenters. The number of anilines is 3. The van der Waals surface area contributed by atoms with Crippen molar-refractivity contribution in [3.05, 3.63) is 0 Å². The van der Waals surface area contributed by atoms with Crippen molar-refractivity contribution in [1.82, 2.24) is 15.0 Å². The minimum Gasteiger partial charge on any atom is -0.480 e.